The van der Waals surface area contributed by atoms with Gasteiger partial charge in [0.25, 0.3) is 0 Å². The van der Waals surface area contributed by atoms with Crippen LogP contribution in [0.25, 0.3) is 0 Å². The van der Waals surface area contributed by atoms with Gasteiger partial charge in [0.2, 0.25) is 5.95 Å². The van der Waals surface area contributed by atoms with Gasteiger partial charge in [0.1, 0.15) is 0 Å². The molecule has 0 fully saturated rings. The van der Waals surface area contributed by atoms with Crippen molar-refractivity contribution >= 4 is 5.69 Å². The Balaban J connectivity index is 3.13. The molecular formula is C8H11FN2. The molecule has 0 radical (unpaired) electrons. The van der Waals surface area contributed by atoms with Crippen LogP contribution in [0, 0.1) is 5.95 Å². The molecule has 2 nitrogen and oxygen atoms in total. The van der Waals surface area contributed by atoms with Gasteiger partial charge in [-0.2, -0.15) is 4.39 Å². The van der Waals surface area contributed by atoms with E-state index in [1.54, 1.807) is 6.07 Å². The zero-order chi connectivity index (χ0) is 8.43. The minimum Gasteiger partial charge on any atom is -0.397 e. The Morgan fingerprint density at radius 2 is 2.18 bits per heavy atom. The summed E-state index contributed by atoms with van der Waals surface area (Å²) >= 11 is 0. The van der Waals surface area contributed by atoms with Gasteiger partial charge in [0, 0.05) is 5.56 Å². The highest BCUT2D eigenvalue weighted by molar-refractivity contribution is 5.38. The van der Waals surface area contributed by atoms with E-state index in [9.17, 15) is 4.39 Å². The molecule has 1 aromatic rings. The van der Waals surface area contributed by atoms with E-state index in [0.29, 0.717) is 11.3 Å². The van der Waals surface area contributed by atoms with Gasteiger partial charge in [-0.25, -0.2) is 4.98 Å². The fraction of sp³-hybridized carbons (Fsp3) is 0.375. The van der Waals surface area contributed by atoms with E-state index in [1.807, 2.05) is 13.8 Å². The van der Waals surface area contributed by atoms with Gasteiger partial charge in [0.05, 0.1) is 11.9 Å². The third-order valence-electron chi connectivity index (χ3n) is 1.51. The van der Waals surface area contributed by atoms with Crippen molar-refractivity contribution in [2.45, 2.75) is 19.8 Å². The second-order valence-corrected chi connectivity index (χ2v) is 2.80. The van der Waals surface area contributed by atoms with Crippen molar-refractivity contribution in [2.24, 2.45) is 0 Å². The SMILES string of the molecule is CC(C)c1cc(N)cnc1F. The van der Waals surface area contributed by atoms with Crippen molar-refractivity contribution in [1.82, 2.24) is 4.98 Å². The molecule has 0 spiro atoms. The largest absolute Gasteiger partial charge is 0.397 e. The predicted octanol–water partition coefficient (Wildman–Crippen LogP) is 1.93. The molecule has 0 aromatic carbocycles. The number of halogens is 1. The van der Waals surface area contributed by atoms with Gasteiger partial charge in [-0.05, 0) is 12.0 Å². The van der Waals surface area contributed by atoms with E-state index < -0.39 is 5.95 Å². The summed E-state index contributed by atoms with van der Waals surface area (Å²) < 4.78 is 12.9. The number of hydrogen-bond donors (Lipinski definition) is 1. The first-order chi connectivity index (χ1) is 5.11. The molecule has 0 saturated carbocycles. The summed E-state index contributed by atoms with van der Waals surface area (Å²) in [5, 5.41) is 0. The van der Waals surface area contributed by atoms with Crippen molar-refractivity contribution in [3.8, 4) is 0 Å². The zero-order valence-electron chi connectivity index (χ0n) is 6.63. The van der Waals surface area contributed by atoms with E-state index in [2.05, 4.69) is 4.98 Å². The number of nitrogens with zero attached hydrogens (tertiary/aromatic N) is 1. The number of rotatable bonds is 1. The van der Waals surface area contributed by atoms with Crippen LogP contribution in [0.1, 0.15) is 25.3 Å². The van der Waals surface area contributed by atoms with Gasteiger partial charge in [-0.1, -0.05) is 13.8 Å². The van der Waals surface area contributed by atoms with Crippen LogP contribution >= 0.6 is 0 Å². The van der Waals surface area contributed by atoms with Gasteiger partial charge < -0.3 is 5.73 Å². The van der Waals surface area contributed by atoms with E-state index >= 15 is 0 Å². The third kappa shape index (κ3) is 1.67. The van der Waals surface area contributed by atoms with E-state index in [4.69, 9.17) is 5.73 Å². The van der Waals surface area contributed by atoms with Crippen LogP contribution in [0.4, 0.5) is 10.1 Å². The molecule has 0 saturated heterocycles. The average molecular weight is 154 g/mol. The number of aromatic nitrogens is 1. The molecule has 0 aliphatic rings. The Hall–Kier alpha value is -1.12. The lowest BCUT2D eigenvalue weighted by Crippen LogP contribution is -1.98. The quantitative estimate of drug-likeness (QED) is 0.628. The molecule has 60 valence electrons. The molecule has 2 N–H and O–H groups in total. The van der Waals surface area contributed by atoms with Gasteiger partial charge in [0.15, 0.2) is 0 Å². The second-order valence-electron chi connectivity index (χ2n) is 2.80. The number of hydrogen-bond acceptors (Lipinski definition) is 2. The molecular weight excluding hydrogens is 143 g/mol. The molecule has 0 amide bonds. The summed E-state index contributed by atoms with van der Waals surface area (Å²) in [5.74, 6) is -0.291. The first-order valence-electron chi connectivity index (χ1n) is 3.52. The standard InChI is InChI=1S/C8H11FN2/c1-5(2)7-3-6(10)4-11-8(7)9/h3-5H,10H2,1-2H3. The summed E-state index contributed by atoms with van der Waals surface area (Å²) in [5.41, 5.74) is 6.52. The number of nitrogens with two attached hydrogens (primary N) is 1. The Kier molecular flexibility index (Phi) is 2.08. The molecule has 0 aliphatic heterocycles. The van der Waals surface area contributed by atoms with Crippen LogP contribution in [-0.2, 0) is 0 Å². The molecule has 0 bridgehead atoms. The third-order valence-corrected chi connectivity index (χ3v) is 1.51. The van der Waals surface area contributed by atoms with E-state index in [0.717, 1.165) is 0 Å². The molecule has 1 aromatic heterocycles. The van der Waals surface area contributed by atoms with E-state index in [-0.39, 0.29) is 5.92 Å². The highest BCUT2D eigenvalue weighted by Crippen LogP contribution is 2.18. The smallest absolute Gasteiger partial charge is 0.216 e. The van der Waals surface area contributed by atoms with Crippen molar-refractivity contribution in [3.05, 3.63) is 23.8 Å². The zero-order valence-corrected chi connectivity index (χ0v) is 6.63. The number of anilines is 1. The molecule has 3 heteroatoms. The maximum absolute atomic E-state index is 12.9. The minimum atomic E-state index is -0.422. The van der Waals surface area contributed by atoms with Crippen LogP contribution in [0.3, 0.4) is 0 Å². The highest BCUT2D eigenvalue weighted by Gasteiger charge is 2.06. The monoisotopic (exact) mass is 154 g/mol. The van der Waals surface area contributed by atoms with Crippen LogP contribution in [-0.4, -0.2) is 4.98 Å². The molecule has 0 unspecified atom stereocenters. The molecule has 0 atom stereocenters. The van der Waals surface area contributed by atoms with Crippen molar-refractivity contribution in [3.63, 3.8) is 0 Å². The lowest BCUT2D eigenvalue weighted by Gasteiger charge is -2.05. The highest BCUT2D eigenvalue weighted by atomic mass is 19.1. The maximum Gasteiger partial charge on any atom is 0.216 e. The summed E-state index contributed by atoms with van der Waals surface area (Å²) in [7, 11) is 0. The molecule has 11 heavy (non-hydrogen) atoms. The Labute approximate surface area is 65.3 Å². The molecule has 1 rings (SSSR count). The van der Waals surface area contributed by atoms with E-state index in [1.165, 1.54) is 6.20 Å². The topological polar surface area (TPSA) is 38.9 Å². The van der Waals surface area contributed by atoms with Crippen molar-refractivity contribution < 1.29 is 4.39 Å². The minimum absolute atomic E-state index is 0.131. The Morgan fingerprint density at radius 3 is 2.64 bits per heavy atom. The Morgan fingerprint density at radius 1 is 1.55 bits per heavy atom. The van der Waals surface area contributed by atoms with Crippen LogP contribution in [0.2, 0.25) is 0 Å². The van der Waals surface area contributed by atoms with Crippen LogP contribution in [0.5, 0.6) is 0 Å². The lowest BCUT2D eigenvalue weighted by molar-refractivity contribution is 0.557. The lowest BCUT2D eigenvalue weighted by atomic mass is 10.1. The second kappa shape index (κ2) is 2.86. The van der Waals surface area contributed by atoms with Gasteiger partial charge >= 0.3 is 0 Å². The summed E-state index contributed by atoms with van der Waals surface area (Å²) in [4.78, 5) is 3.51. The average Bonchev–Trinajstić information content (AvgIpc) is 1.94. The number of nitrogen functional groups attached to an aromatic ring is 1. The molecule has 1 heterocycles. The van der Waals surface area contributed by atoms with Gasteiger partial charge in [-0.15, -0.1) is 0 Å². The fourth-order valence-corrected chi connectivity index (χ4v) is 0.887. The first-order valence-corrected chi connectivity index (χ1v) is 3.52. The maximum atomic E-state index is 12.9. The predicted molar refractivity (Wildman–Crippen MR) is 42.7 cm³/mol. The summed E-state index contributed by atoms with van der Waals surface area (Å²) in [6, 6.07) is 1.62. The summed E-state index contributed by atoms with van der Waals surface area (Å²) in [6.45, 7) is 3.80. The van der Waals surface area contributed by atoms with Crippen LogP contribution < -0.4 is 5.73 Å². The number of pyridine rings is 1. The van der Waals surface area contributed by atoms with Gasteiger partial charge in [-0.3, -0.25) is 0 Å². The normalized spacial score (nSPS) is 10.5. The fourth-order valence-electron chi connectivity index (χ4n) is 0.887. The first kappa shape index (κ1) is 7.98. The van der Waals surface area contributed by atoms with Crippen molar-refractivity contribution in [1.29, 1.82) is 0 Å². The Bertz CT molecular complexity index is 258. The summed E-state index contributed by atoms with van der Waals surface area (Å²) in [6.07, 6.45) is 1.32. The molecule has 0 aliphatic carbocycles. The van der Waals surface area contributed by atoms with Crippen LogP contribution in [0.15, 0.2) is 12.3 Å². The van der Waals surface area contributed by atoms with Crippen molar-refractivity contribution in [2.75, 3.05) is 5.73 Å².